The first-order chi connectivity index (χ1) is 6.75. The van der Waals surface area contributed by atoms with Gasteiger partial charge in [-0.3, -0.25) is 4.79 Å². The van der Waals surface area contributed by atoms with Gasteiger partial charge in [0.25, 0.3) is 0 Å². The maximum atomic E-state index is 11.7. The van der Waals surface area contributed by atoms with E-state index in [4.69, 9.17) is 0 Å². The highest BCUT2D eigenvalue weighted by Gasteiger charge is 2.21. The number of carbonyl (C=O) groups is 1. The average molecular weight is 300 g/mol. The zero-order valence-electron chi connectivity index (χ0n) is 8.00. The van der Waals surface area contributed by atoms with Crippen LogP contribution in [0.1, 0.15) is 36.0 Å². The highest BCUT2D eigenvalue weighted by molar-refractivity contribution is 14.1. The Hall–Kier alpha value is -0.380. The summed E-state index contributed by atoms with van der Waals surface area (Å²) in [6.45, 7) is 0. The molecular weight excluding hydrogens is 287 g/mol. The quantitative estimate of drug-likeness (QED) is 0.612. The summed E-state index contributed by atoms with van der Waals surface area (Å²) in [6, 6.07) is 7.84. The predicted octanol–water partition coefficient (Wildman–Crippen LogP) is 3.66. The van der Waals surface area contributed by atoms with Crippen LogP contribution in [0.15, 0.2) is 24.3 Å². The molecule has 0 N–H and O–H groups in total. The third-order valence-electron chi connectivity index (χ3n) is 2.64. The first-order valence-corrected chi connectivity index (χ1v) is 6.12. The average Bonchev–Trinajstić information content (AvgIpc) is 2.99. The van der Waals surface area contributed by atoms with E-state index in [-0.39, 0.29) is 0 Å². The fourth-order valence-electron chi connectivity index (χ4n) is 1.52. The van der Waals surface area contributed by atoms with Crippen LogP contribution < -0.4 is 0 Å². The summed E-state index contributed by atoms with van der Waals surface area (Å²) in [5, 5.41) is 0. The fraction of sp³-hybridized carbons (Fsp3) is 0.417. The lowest BCUT2D eigenvalue weighted by atomic mass is 10.1. The van der Waals surface area contributed by atoms with Crippen molar-refractivity contribution in [1.29, 1.82) is 0 Å². The number of ketones is 1. The van der Waals surface area contributed by atoms with E-state index >= 15 is 0 Å². The molecule has 1 aliphatic carbocycles. The highest BCUT2D eigenvalue weighted by atomic mass is 127. The van der Waals surface area contributed by atoms with Crippen LogP contribution in [0, 0.1) is 9.49 Å². The third kappa shape index (κ3) is 2.80. The van der Waals surface area contributed by atoms with Crippen molar-refractivity contribution >= 4 is 28.4 Å². The van der Waals surface area contributed by atoms with Crippen molar-refractivity contribution in [1.82, 2.24) is 0 Å². The molecule has 0 heterocycles. The van der Waals surface area contributed by atoms with Crippen LogP contribution in [-0.4, -0.2) is 5.78 Å². The molecule has 0 aliphatic heterocycles. The maximum absolute atomic E-state index is 11.7. The van der Waals surface area contributed by atoms with Crippen molar-refractivity contribution in [3.8, 4) is 0 Å². The van der Waals surface area contributed by atoms with E-state index in [9.17, 15) is 4.79 Å². The number of hydrogen-bond donors (Lipinski definition) is 0. The zero-order valence-corrected chi connectivity index (χ0v) is 10.2. The molecular formula is C12H13IO. The molecule has 2 heteroatoms. The molecule has 2 rings (SSSR count). The lowest BCUT2D eigenvalue weighted by molar-refractivity contribution is 0.0978. The number of halogens is 1. The number of carbonyl (C=O) groups excluding carboxylic acids is 1. The summed E-state index contributed by atoms with van der Waals surface area (Å²) >= 11 is 2.25. The second-order valence-corrected chi connectivity index (χ2v) is 5.16. The summed E-state index contributed by atoms with van der Waals surface area (Å²) in [4.78, 5) is 11.7. The minimum Gasteiger partial charge on any atom is -0.294 e. The minimum atomic E-state index is 0.299. The van der Waals surface area contributed by atoms with Gasteiger partial charge in [0.1, 0.15) is 0 Å². The molecule has 0 bridgehead atoms. The smallest absolute Gasteiger partial charge is 0.162 e. The Morgan fingerprint density at radius 2 is 1.93 bits per heavy atom. The largest absolute Gasteiger partial charge is 0.294 e. The van der Waals surface area contributed by atoms with Gasteiger partial charge < -0.3 is 0 Å². The molecule has 14 heavy (non-hydrogen) atoms. The summed E-state index contributed by atoms with van der Waals surface area (Å²) in [5.74, 6) is 1.15. The van der Waals surface area contributed by atoms with Gasteiger partial charge in [-0.15, -0.1) is 0 Å². The van der Waals surface area contributed by atoms with E-state index in [0.717, 1.165) is 24.3 Å². The minimum absolute atomic E-state index is 0.299. The van der Waals surface area contributed by atoms with Crippen molar-refractivity contribution in [3.63, 3.8) is 0 Å². The molecule has 1 aromatic rings. The van der Waals surface area contributed by atoms with E-state index in [0.29, 0.717) is 5.78 Å². The summed E-state index contributed by atoms with van der Waals surface area (Å²) < 4.78 is 1.18. The standard InChI is InChI=1S/C12H13IO/c13-11-6-4-10(5-7-11)12(14)8-3-9-1-2-9/h4-7,9H,1-3,8H2. The molecule has 1 aromatic carbocycles. The Balaban J connectivity index is 1.92. The summed E-state index contributed by atoms with van der Waals surface area (Å²) in [7, 11) is 0. The Morgan fingerprint density at radius 1 is 1.29 bits per heavy atom. The van der Waals surface area contributed by atoms with Crippen molar-refractivity contribution in [2.24, 2.45) is 5.92 Å². The SMILES string of the molecule is O=C(CCC1CC1)c1ccc(I)cc1. The number of benzene rings is 1. The van der Waals surface area contributed by atoms with E-state index in [1.54, 1.807) is 0 Å². The third-order valence-corrected chi connectivity index (χ3v) is 3.36. The van der Waals surface area contributed by atoms with Crippen LogP contribution in [0.4, 0.5) is 0 Å². The molecule has 1 aliphatic rings. The first-order valence-electron chi connectivity index (χ1n) is 5.04. The molecule has 1 fully saturated rings. The summed E-state index contributed by atoms with van der Waals surface area (Å²) in [6.07, 6.45) is 4.48. The maximum Gasteiger partial charge on any atom is 0.162 e. The molecule has 1 saturated carbocycles. The highest BCUT2D eigenvalue weighted by Crippen LogP contribution is 2.33. The molecule has 0 aromatic heterocycles. The van der Waals surface area contributed by atoms with Crippen molar-refractivity contribution < 1.29 is 4.79 Å². The fourth-order valence-corrected chi connectivity index (χ4v) is 1.88. The van der Waals surface area contributed by atoms with Gasteiger partial charge in [-0.05, 0) is 47.1 Å². The van der Waals surface area contributed by atoms with Gasteiger partial charge in [0.05, 0.1) is 0 Å². The van der Waals surface area contributed by atoms with Crippen molar-refractivity contribution in [2.45, 2.75) is 25.7 Å². The van der Waals surface area contributed by atoms with Crippen LogP contribution in [-0.2, 0) is 0 Å². The van der Waals surface area contributed by atoms with Crippen LogP contribution >= 0.6 is 22.6 Å². The Kier molecular flexibility index (Phi) is 3.21. The lowest BCUT2D eigenvalue weighted by Gasteiger charge is -2.00. The van der Waals surface area contributed by atoms with Gasteiger partial charge in [0.2, 0.25) is 0 Å². The van der Waals surface area contributed by atoms with Gasteiger partial charge in [-0.25, -0.2) is 0 Å². The van der Waals surface area contributed by atoms with Crippen molar-refractivity contribution in [2.75, 3.05) is 0 Å². The van der Waals surface area contributed by atoms with E-state index in [1.807, 2.05) is 24.3 Å². The van der Waals surface area contributed by atoms with Gasteiger partial charge in [-0.2, -0.15) is 0 Å². The number of rotatable bonds is 4. The van der Waals surface area contributed by atoms with Gasteiger partial charge in [0, 0.05) is 15.6 Å². The summed E-state index contributed by atoms with van der Waals surface area (Å²) in [5.41, 5.74) is 0.867. The zero-order chi connectivity index (χ0) is 9.97. The normalized spacial score (nSPS) is 15.5. The molecule has 0 amide bonds. The second kappa shape index (κ2) is 4.43. The lowest BCUT2D eigenvalue weighted by Crippen LogP contribution is -1.99. The van der Waals surface area contributed by atoms with E-state index in [2.05, 4.69) is 22.6 Å². The number of hydrogen-bond acceptors (Lipinski definition) is 1. The van der Waals surface area contributed by atoms with Crippen LogP contribution in [0.5, 0.6) is 0 Å². The Labute approximate surface area is 98.0 Å². The van der Waals surface area contributed by atoms with E-state index in [1.165, 1.54) is 16.4 Å². The van der Waals surface area contributed by atoms with E-state index < -0.39 is 0 Å². The Morgan fingerprint density at radius 3 is 2.50 bits per heavy atom. The monoisotopic (exact) mass is 300 g/mol. The van der Waals surface area contributed by atoms with Crippen molar-refractivity contribution in [3.05, 3.63) is 33.4 Å². The van der Waals surface area contributed by atoms with Gasteiger partial charge in [-0.1, -0.05) is 25.0 Å². The van der Waals surface area contributed by atoms with Crippen LogP contribution in [0.3, 0.4) is 0 Å². The molecule has 0 spiro atoms. The molecule has 1 nitrogen and oxygen atoms in total. The van der Waals surface area contributed by atoms with Crippen LogP contribution in [0.25, 0.3) is 0 Å². The molecule has 74 valence electrons. The molecule has 0 radical (unpaired) electrons. The van der Waals surface area contributed by atoms with Gasteiger partial charge in [0.15, 0.2) is 5.78 Å². The Bertz CT molecular complexity index is 325. The second-order valence-electron chi connectivity index (χ2n) is 3.91. The van der Waals surface area contributed by atoms with Crippen LogP contribution in [0.2, 0.25) is 0 Å². The topological polar surface area (TPSA) is 17.1 Å². The van der Waals surface area contributed by atoms with Gasteiger partial charge >= 0.3 is 0 Å². The predicted molar refractivity (Wildman–Crippen MR) is 65.4 cm³/mol. The number of Topliss-reactive ketones (excluding diaryl/α,β-unsaturated/α-hetero) is 1. The molecule has 0 saturated heterocycles. The molecule has 0 atom stereocenters. The first kappa shape index (κ1) is 10.1. The molecule has 0 unspecified atom stereocenters.